The molecular formula is C30H33ClF2N6O5. The number of aromatic nitrogens is 2. The fraction of sp³-hybridized carbons (Fsp3) is 0.400. The summed E-state index contributed by atoms with van der Waals surface area (Å²) in [7, 11) is 1.24. The van der Waals surface area contributed by atoms with E-state index in [-0.39, 0.29) is 64.5 Å². The smallest absolute Gasteiger partial charge is 0.291 e. The number of piperazine rings is 1. The number of aliphatic hydroxyl groups excluding tert-OH is 1. The molecule has 3 amide bonds. The Balaban J connectivity index is 1.15. The molecule has 234 valence electrons. The van der Waals surface area contributed by atoms with Crippen LogP contribution in [0.25, 0.3) is 0 Å². The number of ether oxygens (including phenoxy) is 1. The van der Waals surface area contributed by atoms with E-state index in [4.69, 9.17) is 16.3 Å². The normalized spacial score (nSPS) is 17.4. The van der Waals surface area contributed by atoms with Crippen molar-refractivity contribution in [3.05, 3.63) is 75.8 Å². The number of aliphatic hydroxyl groups is 1. The number of methoxy groups -OCH3 is 1. The highest BCUT2D eigenvalue weighted by molar-refractivity contribution is 6.34. The summed E-state index contributed by atoms with van der Waals surface area (Å²) in [6, 6.07) is 7.14. The van der Waals surface area contributed by atoms with Crippen LogP contribution in [0.5, 0.6) is 5.75 Å². The Morgan fingerprint density at radius 2 is 1.89 bits per heavy atom. The van der Waals surface area contributed by atoms with Crippen LogP contribution in [-0.2, 0) is 11.2 Å². The van der Waals surface area contributed by atoms with Gasteiger partial charge in [0.05, 0.1) is 24.3 Å². The van der Waals surface area contributed by atoms with E-state index in [1.807, 2.05) is 0 Å². The molecule has 2 fully saturated rings. The van der Waals surface area contributed by atoms with Gasteiger partial charge in [-0.1, -0.05) is 17.7 Å². The Hall–Kier alpha value is -4.07. The first-order valence-electron chi connectivity index (χ1n) is 14.3. The number of H-pyrrole nitrogens is 1. The summed E-state index contributed by atoms with van der Waals surface area (Å²) in [6.45, 7) is 2.50. The van der Waals surface area contributed by atoms with E-state index < -0.39 is 17.5 Å². The maximum Gasteiger partial charge on any atom is 0.291 e. The zero-order valence-corrected chi connectivity index (χ0v) is 24.8. The Morgan fingerprint density at radius 3 is 2.59 bits per heavy atom. The zero-order chi connectivity index (χ0) is 31.4. The van der Waals surface area contributed by atoms with Crippen molar-refractivity contribution in [2.24, 2.45) is 5.92 Å². The van der Waals surface area contributed by atoms with Crippen molar-refractivity contribution < 1.29 is 33.0 Å². The highest BCUT2D eigenvalue weighted by Crippen LogP contribution is 2.27. The number of benzene rings is 2. The lowest BCUT2D eigenvalue weighted by atomic mass is 9.94. The van der Waals surface area contributed by atoms with E-state index in [0.29, 0.717) is 56.9 Å². The lowest BCUT2D eigenvalue weighted by molar-refractivity contribution is -0.138. The van der Waals surface area contributed by atoms with Gasteiger partial charge in [0.2, 0.25) is 11.7 Å². The van der Waals surface area contributed by atoms with Crippen molar-refractivity contribution in [3.63, 3.8) is 0 Å². The summed E-state index contributed by atoms with van der Waals surface area (Å²) in [4.78, 5) is 49.3. The molecule has 11 nitrogen and oxygen atoms in total. The monoisotopic (exact) mass is 630 g/mol. The van der Waals surface area contributed by atoms with Crippen LogP contribution >= 0.6 is 11.6 Å². The van der Waals surface area contributed by atoms with Gasteiger partial charge in [0.1, 0.15) is 0 Å². The van der Waals surface area contributed by atoms with Crippen LogP contribution < -0.4 is 15.4 Å². The number of halogens is 3. The molecule has 14 heteroatoms. The van der Waals surface area contributed by atoms with Crippen LogP contribution in [0.1, 0.15) is 45.1 Å². The van der Waals surface area contributed by atoms with Crippen molar-refractivity contribution in [2.75, 3.05) is 51.8 Å². The summed E-state index contributed by atoms with van der Waals surface area (Å²) < 4.78 is 33.2. The van der Waals surface area contributed by atoms with E-state index in [9.17, 15) is 28.3 Å². The Labute approximate surface area is 257 Å². The molecule has 3 heterocycles. The number of hydrogen-bond acceptors (Lipinski definition) is 7. The number of nitrogens with zero attached hydrogens (tertiary/aromatic N) is 3. The number of rotatable bonds is 8. The Morgan fingerprint density at radius 1 is 1.11 bits per heavy atom. The maximum atomic E-state index is 14.3. The van der Waals surface area contributed by atoms with E-state index >= 15 is 0 Å². The van der Waals surface area contributed by atoms with Gasteiger partial charge in [-0.15, -0.1) is 0 Å². The van der Waals surface area contributed by atoms with Gasteiger partial charge in [0, 0.05) is 68.7 Å². The molecule has 2 aromatic carbocycles. The fourth-order valence-corrected chi connectivity index (χ4v) is 5.76. The standard InChI is InChI=1S/C30H33ClF2N6O5/c1-44-24-5-2-18(25(32)26(24)33)12-20-14-35-27(36-20)28(41)37-19-3-4-22(23(31)13-19)30(43)38-9-6-17(7-10-38)29(42)39-11-8-34-21(15-39)16-40/h2-5,13-14,17,21,34,40H,6-12,15-16H2,1H3,(H,35,36)(H,37,41)/t21-/m0/s1. The van der Waals surface area contributed by atoms with E-state index in [1.165, 1.54) is 37.6 Å². The highest BCUT2D eigenvalue weighted by Gasteiger charge is 2.33. The molecule has 0 bridgehead atoms. The second-order valence-corrected chi connectivity index (χ2v) is 11.2. The third kappa shape index (κ3) is 6.85. The van der Waals surface area contributed by atoms with Crippen LogP contribution in [0.15, 0.2) is 36.5 Å². The van der Waals surface area contributed by atoms with Crippen molar-refractivity contribution in [2.45, 2.75) is 25.3 Å². The summed E-state index contributed by atoms with van der Waals surface area (Å²) in [5.74, 6) is -3.36. The molecule has 5 rings (SSSR count). The number of anilines is 1. The predicted molar refractivity (Wildman–Crippen MR) is 158 cm³/mol. The lowest BCUT2D eigenvalue weighted by Gasteiger charge is -2.38. The second-order valence-electron chi connectivity index (χ2n) is 10.8. The van der Waals surface area contributed by atoms with Gasteiger partial charge < -0.3 is 35.3 Å². The highest BCUT2D eigenvalue weighted by atomic mass is 35.5. The van der Waals surface area contributed by atoms with Crippen LogP contribution in [0.2, 0.25) is 5.02 Å². The molecule has 0 spiro atoms. The number of aromatic amines is 1. The van der Waals surface area contributed by atoms with Gasteiger partial charge in [0.15, 0.2) is 17.4 Å². The zero-order valence-electron chi connectivity index (χ0n) is 24.0. The molecule has 0 unspecified atom stereocenters. The minimum Gasteiger partial charge on any atom is -0.494 e. The second kappa shape index (κ2) is 13.7. The molecule has 0 radical (unpaired) electrons. The minimum atomic E-state index is -1.09. The topological polar surface area (TPSA) is 140 Å². The number of imidazole rings is 1. The van der Waals surface area contributed by atoms with Crippen LogP contribution in [0.4, 0.5) is 14.5 Å². The summed E-state index contributed by atoms with van der Waals surface area (Å²) >= 11 is 6.44. The van der Waals surface area contributed by atoms with Crippen LogP contribution in [0, 0.1) is 17.6 Å². The minimum absolute atomic E-state index is 0.0268. The number of nitrogens with one attached hydrogen (secondary N) is 3. The molecule has 1 atom stereocenters. The van der Waals surface area contributed by atoms with Gasteiger partial charge in [-0.2, -0.15) is 4.39 Å². The predicted octanol–water partition coefficient (Wildman–Crippen LogP) is 2.84. The first-order valence-corrected chi connectivity index (χ1v) is 14.6. The number of hydrogen-bond donors (Lipinski definition) is 4. The molecule has 3 aromatic rings. The lowest BCUT2D eigenvalue weighted by Crippen LogP contribution is -2.56. The summed E-state index contributed by atoms with van der Waals surface area (Å²) in [5, 5.41) is 15.4. The van der Waals surface area contributed by atoms with Crippen LogP contribution in [-0.4, -0.2) is 95.1 Å². The van der Waals surface area contributed by atoms with Gasteiger partial charge in [0.25, 0.3) is 11.8 Å². The average molecular weight is 631 g/mol. The van der Waals surface area contributed by atoms with Gasteiger partial charge in [-0.3, -0.25) is 14.4 Å². The first-order chi connectivity index (χ1) is 21.2. The summed E-state index contributed by atoms with van der Waals surface area (Å²) in [6.07, 6.45) is 2.41. The number of piperidine rings is 1. The Kier molecular flexibility index (Phi) is 9.77. The third-order valence-corrected chi connectivity index (χ3v) is 8.26. The van der Waals surface area contributed by atoms with Crippen molar-refractivity contribution in [1.29, 1.82) is 0 Å². The van der Waals surface area contributed by atoms with E-state index in [1.54, 1.807) is 15.9 Å². The van der Waals surface area contributed by atoms with Gasteiger partial charge >= 0.3 is 0 Å². The molecule has 2 aliphatic heterocycles. The number of carbonyl (C=O) groups is 3. The third-order valence-electron chi connectivity index (χ3n) is 7.95. The number of amides is 3. The number of carbonyl (C=O) groups excluding carboxylic acids is 3. The quantitative estimate of drug-likeness (QED) is 0.300. The Bertz CT molecular complexity index is 1540. The average Bonchev–Trinajstić information content (AvgIpc) is 3.52. The SMILES string of the molecule is COc1ccc(Cc2cnc(C(=O)Nc3ccc(C(=O)N4CCC(C(=O)N5CCN[C@H](CO)C5)CC4)c(Cl)c3)[nH]2)c(F)c1F. The molecule has 44 heavy (non-hydrogen) atoms. The van der Waals surface area contributed by atoms with Crippen molar-refractivity contribution >= 4 is 35.0 Å². The molecule has 2 aliphatic rings. The van der Waals surface area contributed by atoms with E-state index in [0.717, 1.165) is 0 Å². The molecule has 4 N–H and O–H groups in total. The van der Waals surface area contributed by atoms with Gasteiger partial charge in [-0.25, -0.2) is 9.37 Å². The molecular weight excluding hydrogens is 598 g/mol. The summed E-state index contributed by atoms with van der Waals surface area (Å²) in [5.41, 5.74) is 1.07. The van der Waals surface area contributed by atoms with Crippen LogP contribution in [0.3, 0.4) is 0 Å². The molecule has 0 saturated carbocycles. The largest absolute Gasteiger partial charge is 0.494 e. The van der Waals surface area contributed by atoms with Crippen molar-refractivity contribution in [3.8, 4) is 5.75 Å². The molecule has 1 aromatic heterocycles. The first kappa shape index (κ1) is 31.4. The molecule has 2 saturated heterocycles. The van der Waals surface area contributed by atoms with Gasteiger partial charge in [-0.05, 0) is 42.7 Å². The molecule has 0 aliphatic carbocycles. The fourth-order valence-electron chi connectivity index (χ4n) is 5.50. The number of likely N-dealkylation sites (tertiary alicyclic amines) is 1. The maximum absolute atomic E-state index is 14.3. The van der Waals surface area contributed by atoms with Crippen molar-refractivity contribution in [1.82, 2.24) is 25.1 Å². The van der Waals surface area contributed by atoms with E-state index in [2.05, 4.69) is 20.6 Å².